The van der Waals surface area contributed by atoms with Crippen LogP contribution in [0.25, 0.3) is 11.2 Å². The van der Waals surface area contributed by atoms with Gasteiger partial charge in [0.25, 0.3) is 0 Å². The molecule has 0 unspecified atom stereocenters. The Balaban J connectivity index is 1.30. The number of anilines is 1. The minimum absolute atomic E-state index is 0.508. The Hall–Kier alpha value is -4.21. The Bertz CT molecular complexity index is 1270. The first-order chi connectivity index (χ1) is 15.3. The van der Waals surface area contributed by atoms with Crippen LogP contribution in [0, 0.1) is 0 Å². The zero-order valence-electron chi connectivity index (χ0n) is 16.8. The van der Waals surface area contributed by atoms with Crippen LogP contribution < -0.4 is 10.1 Å². The molecule has 4 heterocycles. The lowest BCUT2D eigenvalue weighted by molar-refractivity contribution is 0.414. The fourth-order valence-electron chi connectivity index (χ4n) is 3.29. The molecule has 31 heavy (non-hydrogen) atoms. The van der Waals surface area contributed by atoms with E-state index in [2.05, 4.69) is 30.6 Å². The molecule has 10 heteroatoms. The Labute approximate surface area is 177 Å². The molecule has 0 aliphatic heterocycles. The molecule has 0 aliphatic carbocycles. The van der Waals surface area contributed by atoms with Crippen LogP contribution in [0.4, 0.5) is 5.82 Å². The summed E-state index contributed by atoms with van der Waals surface area (Å²) in [7, 11) is 1.65. The Morgan fingerprint density at radius 1 is 1.06 bits per heavy atom. The van der Waals surface area contributed by atoms with Crippen molar-refractivity contribution in [3.63, 3.8) is 0 Å². The van der Waals surface area contributed by atoms with E-state index in [1.807, 2.05) is 51.8 Å². The van der Waals surface area contributed by atoms with Crippen LogP contribution in [-0.4, -0.2) is 41.6 Å². The smallest absolute Gasteiger partial charge is 0.165 e. The first kappa shape index (κ1) is 18.8. The molecule has 5 aromatic rings. The maximum absolute atomic E-state index is 5.35. The van der Waals surface area contributed by atoms with Gasteiger partial charge < -0.3 is 19.0 Å². The quantitative estimate of drug-likeness (QED) is 0.411. The van der Waals surface area contributed by atoms with E-state index in [1.54, 1.807) is 19.7 Å². The number of imidazole rings is 1. The van der Waals surface area contributed by atoms with Crippen molar-refractivity contribution in [2.24, 2.45) is 0 Å². The molecule has 0 aliphatic rings. The highest BCUT2D eigenvalue weighted by atomic mass is 16.5. The molecule has 0 fully saturated rings. The highest BCUT2D eigenvalue weighted by molar-refractivity contribution is 5.82. The van der Waals surface area contributed by atoms with Crippen LogP contribution in [0.2, 0.25) is 0 Å². The lowest BCUT2D eigenvalue weighted by atomic mass is 10.2. The number of aromatic nitrogens is 7. The van der Waals surface area contributed by atoms with Gasteiger partial charge in [-0.3, -0.25) is 0 Å². The highest BCUT2D eigenvalue weighted by Gasteiger charge is 2.12. The van der Waals surface area contributed by atoms with Gasteiger partial charge in [-0.1, -0.05) is 17.3 Å². The van der Waals surface area contributed by atoms with Gasteiger partial charge in [0.05, 0.1) is 45.5 Å². The Kier molecular flexibility index (Phi) is 5.01. The van der Waals surface area contributed by atoms with Crippen molar-refractivity contribution in [1.82, 2.24) is 34.5 Å². The molecule has 0 saturated heterocycles. The van der Waals surface area contributed by atoms with Gasteiger partial charge in [-0.25, -0.2) is 19.6 Å². The number of nitrogens with one attached hydrogen (secondary N) is 1. The largest absolute Gasteiger partial charge is 0.497 e. The summed E-state index contributed by atoms with van der Waals surface area (Å²) in [6.45, 7) is 1.66. The molecule has 0 amide bonds. The van der Waals surface area contributed by atoms with E-state index in [9.17, 15) is 0 Å². The van der Waals surface area contributed by atoms with Crippen molar-refractivity contribution < 1.29 is 9.15 Å². The van der Waals surface area contributed by atoms with Crippen molar-refractivity contribution in [3.8, 4) is 5.75 Å². The third-order valence-electron chi connectivity index (χ3n) is 4.83. The number of hydrogen-bond acceptors (Lipinski definition) is 8. The fraction of sp³-hybridized carbons (Fsp3) is 0.190. The predicted octanol–water partition coefficient (Wildman–Crippen LogP) is 2.73. The molecule has 0 atom stereocenters. The molecule has 0 bridgehead atoms. The second-order valence-corrected chi connectivity index (χ2v) is 6.96. The van der Waals surface area contributed by atoms with Crippen LogP contribution in [0.1, 0.15) is 17.0 Å². The van der Waals surface area contributed by atoms with Gasteiger partial charge in [-0.05, 0) is 29.8 Å². The van der Waals surface area contributed by atoms with Gasteiger partial charge >= 0.3 is 0 Å². The number of furan rings is 1. The molecular formula is C21H20N8O2. The molecule has 156 valence electrons. The third-order valence-corrected chi connectivity index (χ3v) is 4.83. The van der Waals surface area contributed by atoms with Crippen molar-refractivity contribution >= 4 is 17.0 Å². The first-order valence-corrected chi connectivity index (χ1v) is 9.72. The number of fused-ring (bicyclic) bond motifs is 1. The van der Waals surface area contributed by atoms with Gasteiger partial charge in [-0.15, -0.1) is 5.10 Å². The number of hydrogen-bond donors (Lipinski definition) is 1. The van der Waals surface area contributed by atoms with Crippen LogP contribution in [0.15, 0.2) is 65.9 Å². The van der Waals surface area contributed by atoms with E-state index in [4.69, 9.17) is 9.15 Å². The lowest BCUT2D eigenvalue weighted by Gasteiger charge is -2.05. The van der Waals surface area contributed by atoms with Gasteiger partial charge in [0.2, 0.25) is 0 Å². The summed E-state index contributed by atoms with van der Waals surface area (Å²) in [5.74, 6) is 2.30. The summed E-state index contributed by atoms with van der Waals surface area (Å²) in [6.07, 6.45) is 6.82. The molecule has 5 rings (SSSR count). The molecular weight excluding hydrogens is 396 g/mol. The Morgan fingerprint density at radius 3 is 2.77 bits per heavy atom. The second kappa shape index (κ2) is 8.27. The van der Waals surface area contributed by atoms with Gasteiger partial charge in [0, 0.05) is 0 Å². The van der Waals surface area contributed by atoms with E-state index in [0.29, 0.717) is 31.0 Å². The van der Waals surface area contributed by atoms with Crippen LogP contribution >= 0.6 is 0 Å². The van der Waals surface area contributed by atoms with Crippen molar-refractivity contribution in [3.05, 3.63) is 78.5 Å². The lowest BCUT2D eigenvalue weighted by Crippen LogP contribution is -2.03. The van der Waals surface area contributed by atoms with Crippen molar-refractivity contribution in [2.45, 2.75) is 19.6 Å². The number of rotatable bonds is 8. The van der Waals surface area contributed by atoms with E-state index in [1.165, 1.54) is 6.33 Å². The monoisotopic (exact) mass is 416 g/mol. The maximum Gasteiger partial charge on any atom is 0.165 e. The maximum atomic E-state index is 5.35. The Morgan fingerprint density at radius 2 is 1.97 bits per heavy atom. The molecule has 4 aromatic heterocycles. The van der Waals surface area contributed by atoms with Crippen LogP contribution in [0.3, 0.4) is 0 Å². The normalized spacial score (nSPS) is 11.1. The molecule has 0 radical (unpaired) electrons. The third kappa shape index (κ3) is 4.08. The van der Waals surface area contributed by atoms with Gasteiger partial charge in [0.1, 0.15) is 29.0 Å². The zero-order valence-corrected chi connectivity index (χ0v) is 16.8. The fourth-order valence-corrected chi connectivity index (χ4v) is 3.29. The first-order valence-electron chi connectivity index (χ1n) is 9.72. The summed E-state index contributed by atoms with van der Waals surface area (Å²) < 4.78 is 14.3. The van der Waals surface area contributed by atoms with Crippen LogP contribution in [-0.2, 0) is 19.6 Å². The molecule has 10 nitrogen and oxygen atoms in total. The van der Waals surface area contributed by atoms with E-state index in [0.717, 1.165) is 28.4 Å². The average Bonchev–Trinajstić information content (AvgIpc) is 3.55. The second-order valence-electron chi connectivity index (χ2n) is 6.96. The highest BCUT2D eigenvalue weighted by Crippen LogP contribution is 2.19. The topological polar surface area (TPSA) is 109 Å². The molecule has 1 N–H and O–H groups in total. The minimum atomic E-state index is 0.508. The van der Waals surface area contributed by atoms with Crippen molar-refractivity contribution in [1.29, 1.82) is 0 Å². The standard InChI is InChI=1S/C21H20N8O2/c1-30-17-6-4-15(5-7-17)10-29-12-16(26-27-29)11-28-14-25-19-20(23-13-24-21(19)28)22-9-18-3-2-8-31-18/h2-8,12-14H,9-11H2,1H3,(H,22,23,24). The van der Waals surface area contributed by atoms with Crippen molar-refractivity contribution in [2.75, 3.05) is 12.4 Å². The minimum Gasteiger partial charge on any atom is -0.497 e. The van der Waals surface area contributed by atoms with E-state index < -0.39 is 0 Å². The average molecular weight is 416 g/mol. The molecule has 0 spiro atoms. The summed E-state index contributed by atoms with van der Waals surface area (Å²) >= 11 is 0. The SMILES string of the molecule is COc1ccc(Cn2cc(Cn3cnc4c(NCc5ccco5)ncnc43)nn2)cc1. The number of nitrogens with zero attached hydrogens (tertiary/aromatic N) is 7. The van der Waals surface area contributed by atoms with E-state index in [-0.39, 0.29) is 0 Å². The summed E-state index contributed by atoms with van der Waals surface area (Å²) in [5.41, 5.74) is 3.35. The van der Waals surface area contributed by atoms with Gasteiger partial charge in [0.15, 0.2) is 11.5 Å². The zero-order chi connectivity index (χ0) is 21.0. The molecule has 0 saturated carbocycles. The number of benzene rings is 1. The number of ether oxygens (including phenoxy) is 1. The summed E-state index contributed by atoms with van der Waals surface area (Å²) in [6, 6.07) is 11.6. The van der Waals surface area contributed by atoms with Gasteiger partial charge in [-0.2, -0.15) is 0 Å². The molecule has 1 aromatic carbocycles. The van der Waals surface area contributed by atoms with Crippen LogP contribution in [0.5, 0.6) is 5.75 Å². The number of methoxy groups -OCH3 is 1. The summed E-state index contributed by atoms with van der Waals surface area (Å²) in [4.78, 5) is 13.2. The predicted molar refractivity (Wildman–Crippen MR) is 113 cm³/mol. The summed E-state index contributed by atoms with van der Waals surface area (Å²) in [5, 5.41) is 11.8. The van der Waals surface area contributed by atoms with E-state index >= 15 is 0 Å².